The van der Waals surface area contributed by atoms with Crippen molar-refractivity contribution in [3.63, 3.8) is 0 Å². The molecule has 118 valence electrons. The third-order valence-electron chi connectivity index (χ3n) is 4.44. The smallest absolute Gasteiger partial charge is 0.115 e. The predicted octanol–water partition coefficient (Wildman–Crippen LogP) is 3.99. The van der Waals surface area contributed by atoms with Gasteiger partial charge in [-0.3, -0.25) is 0 Å². The number of aliphatic hydroxyl groups is 1. The highest BCUT2D eigenvalue weighted by Crippen LogP contribution is 2.34. The van der Waals surface area contributed by atoms with Crippen LogP contribution >= 0.6 is 0 Å². The zero-order valence-electron chi connectivity index (χ0n) is 12.8. The molecule has 0 aliphatic heterocycles. The van der Waals surface area contributed by atoms with Crippen LogP contribution in [0.5, 0.6) is 5.75 Å². The minimum absolute atomic E-state index is 0.308. The van der Waals surface area contributed by atoms with E-state index in [9.17, 15) is 5.11 Å². The van der Waals surface area contributed by atoms with E-state index in [-0.39, 0.29) is 0 Å². The van der Waals surface area contributed by atoms with Crippen LogP contribution in [0.2, 0.25) is 0 Å². The van der Waals surface area contributed by atoms with Crippen molar-refractivity contribution >= 4 is 0 Å². The SMILES string of the molecule is OCCCCCCO[C@H]1CC[C@H](c2ccc(O)cc2)CC1. The molecule has 0 unspecified atom stereocenters. The Bertz CT molecular complexity index is 380. The molecule has 3 heteroatoms. The molecule has 2 N–H and O–H groups in total. The summed E-state index contributed by atoms with van der Waals surface area (Å²) in [5.74, 6) is 0.965. The summed E-state index contributed by atoms with van der Waals surface area (Å²) in [4.78, 5) is 0. The van der Waals surface area contributed by atoms with Crippen molar-refractivity contribution in [1.29, 1.82) is 0 Å². The van der Waals surface area contributed by atoms with Crippen LogP contribution in [-0.4, -0.2) is 29.5 Å². The molecular formula is C18H28O3. The Labute approximate surface area is 128 Å². The largest absolute Gasteiger partial charge is 0.508 e. The summed E-state index contributed by atoms with van der Waals surface area (Å²) in [5.41, 5.74) is 1.34. The van der Waals surface area contributed by atoms with E-state index in [4.69, 9.17) is 9.84 Å². The first kappa shape index (κ1) is 16.3. The maximum atomic E-state index is 9.34. The van der Waals surface area contributed by atoms with E-state index in [2.05, 4.69) is 0 Å². The lowest BCUT2D eigenvalue weighted by Crippen LogP contribution is -2.21. The first-order valence-corrected chi connectivity index (χ1v) is 8.31. The molecule has 0 atom stereocenters. The third kappa shape index (κ3) is 5.68. The minimum Gasteiger partial charge on any atom is -0.508 e. The van der Waals surface area contributed by atoms with Gasteiger partial charge in [0.2, 0.25) is 0 Å². The lowest BCUT2D eigenvalue weighted by Gasteiger charge is -2.29. The van der Waals surface area contributed by atoms with E-state index in [0.717, 1.165) is 45.1 Å². The van der Waals surface area contributed by atoms with Gasteiger partial charge in [0.05, 0.1) is 6.10 Å². The summed E-state index contributed by atoms with van der Waals surface area (Å²) in [6.45, 7) is 1.17. The van der Waals surface area contributed by atoms with Gasteiger partial charge in [-0.1, -0.05) is 25.0 Å². The lowest BCUT2D eigenvalue weighted by atomic mass is 9.83. The Morgan fingerprint density at radius 2 is 1.57 bits per heavy atom. The molecule has 0 heterocycles. The Morgan fingerprint density at radius 3 is 2.24 bits per heavy atom. The second-order valence-electron chi connectivity index (χ2n) is 6.07. The summed E-state index contributed by atoms with van der Waals surface area (Å²) >= 11 is 0. The number of phenolic OH excluding ortho intramolecular Hbond substituents is 1. The fourth-order valence-electron chi connectivity index (χ4n) is 3.13. The van der Waals surface area contributed by atoms with E-state index >= 15 is 0 Å². The van der Waals surface area contributed by atoms with E-state index in [1.165, 1.54) is 18.4 Å². The highest BCUT2D eigenvalue weighted by Gasteiger charge is 2.22. The van der Waals surface area contributed by atoms with E-state index in [1.807, 2.05) is 12.1 Å². The van der Waals surface area contributed by atoms with Crippen molar-refractivity contribution in [1.82, 2.24) is 0 Å². The molecule has 1 saturated carbocycles. The topological polar surface area (TPSA) is 49.7 Å². The summed E-state index contributed by atoms with van der Waals surface area (Å²) in [5, 5.41) is 18.1. The number of ether oxygens (including phenoxy) is 1. The van der Waals surface area contributed by atoms with Crippen LogP contribution in [0.4, 0.5) is 0 Å². The summed E-state index contributed by atoms with van der Waals surface area (Å²) < 4.78 is 5.96. The zero-order chi connectivity index (χ0) is 14.9. The maximum Gasteiger partial charge on any atom is 0.115 e. The predicted molar refractivity (Wildman–Crippen MR) is 84.6 cm³/mol. The summed E-state index contributed by atoms with van der Waals surface area (Å²) in [7, 11) is 0. The number of aliphatic hydroxyl groups excluding tert-OH is 1. The van der Waals surface area contributed by atoms with E-state index in [1.54, 1.807) is 12.1 Å². The normalized spacial score (nSPS) is 22.3. The van der Waals surface area contributed by atoms with Gasteiger partial charge in [0.1, 0.15) is 5.75 Å². The lowest BCUT2D eigenvalue weighted by molar-refractivity contribution is 0.0225. The van der Waals surface area contributed by atoms with Gasteiger partial charge in [-0.2, -0.15) is 0 Å². The van der Waals surface area contributed by atoms with Crippen molar-refractivity contribution in [3.8, 4) is 5.75 Å². The molecule has 1 aromatic carbocycles. The van der Waals surface area contributed by atoms with Crippen LogP contribution in [0.1, 0.15) is 62.8 Å². The molecule has 21 heavy (non-hydrogen) atoms. The molecule has 1 aliphatic carbocycles. The number of phenols is 1. The average Bonchev–Trinajstić information content (AvgIpc) is 2.52. The molecule has 0 bridgehead atoms. The molecular weight excluding hydrogens is 264 g/mol. The number of hydrogen-bond donors (Lipinski definition) is 2. The van der Waals surface area contributed by atoms with Crippen molar-refractivity contribution in [3.05, 3.63) is 29.8 Å². The zero-order valence-corrected chi connectivity index (χ0v) is 12.8. The number of rotatable bonds is 8. The molecule has 0 aromatic heterocycles. The standard InChI is InChI=1S/C18H28O3/c19-13-3-1-2-4-14-21-18-11-7-16(8-12-18)15-5-9-17(20)10-6-15/h5-6,9-10,16,18-20H,1-4,7-8,11-14H2/t16-,18-. The van der Waals surface area contributed by atoms with Crippen molar-refractivity contribution in [2.45, 2.75) is 63.4 Å². The van der Waals surface area contributed by atoms with Crippen LogP contribution in [0.3, 0.4) is 0 Å². The van der Waals surface area contributed by atoms with Gasteiger partial charge in [0, 0.05) is 13.2 Å². The van der Waals surface area contributed by atoms with E-state index in [0.29, 0.717) is 24.4 Å². The monoisotopic (exact) mass is 292 g/mol. The fourth-order valence-corrected chi connectivity index (χ4v) is 3.13. The summed E-state index contributed by atoms with van der Waals surface area (Å²) in [6.07, 6.45) is 9.35. The summed E-state index contributed by atoms with van der Waals surface area (Å²) in [6, 6.07) is 7.65. The first-order chi connectivity index (χ1) is 10.3. The second kappa shape index (κ2) is 9.06. The van der Waals surface area contributed by atoms with Gasteiger partial charge in [0.25, 0.3) is 0 Å². The first-order valence-electron chi connectivity index (χ1n) is 8.31. The maximum absolute atomic E-state index is 9.34. The molecule has 0 radical (unpaired) electrons. The number of benzene rings is 1. The molecule has 0 spiro atoms. The highest BCUT2D eigenvalue weighted by atomic mass is 16.5. The quantitative estimate of drug-likeness (QED) is 0.712. The molecule has 1 fully saturated rings. The fraction of sp³-hybridized carbons (Fsp3) is 0.667. The molecule has 2 rings (SSSR count). The Morgan fingerprint density at radius 1 is 0.905 bits per heavy atom. The average molecular weight is 292 g/mol. The third-order valence-corrected chi connectivity index (χ3v) is 4.44. The molecule has 0 amide bonds. The second-order valence-corrected chi connectivity index (χ2v) is 6.07. The number of hydrogen-bond acceptors (Lipinski definition) is 3. The highest BCUT2D eigenvalue weighted by molar-refractivity contribution is 5.28. The van der Waals surface area contributed by atoms with Crippen LogP contribution in [0, 0.1) is 0 Å². The molecule has 0 saturated heterocycles. The van der Waals surface area contributed by atoms with Crippen LogP contribution in [0.25, 0.3) is 0 Å². The Hall–Kier alpha value is -1.06. The van der Waals surface area contributed by atoms with Crippen LogP contribution in [-0.2, 0) is 4.74 Å². The minimum atomic E-state index is 0.308. The number of unbranched alkanes of at least 4 members (excludes halogenated alkanes) is 3. The van der Waals surface area contributed by atoms with Crippen LogP contribution < -0.4 is 0 Å². The number of aromatic hydroxyl groups is 1. The van der Waals surface area contributed by atoms with Gasteiger partial charge in [-0.05, 0) is 62.1 Å². The van der Waals surface area contributed by atoms with Crippen molar-refractivity contribution in [2.75, 3.05) is 13.2 Å². The molecule has 3 nitrogen and oxygen atoms in total. The van der Waals surface area contributed by atoms with Gasteiger partial charge >= 0.3 is 0 Å². The van der Waals surface area contributed by atoms with Gasteiger partial charge in [-0.25, -0.2) is 0 Å². The molecule has 1 aliphatic rings. The van der Waals surface area contributed by atoms with Gasteiger partial charge < -0.3 is 14.9 Å². The van der Waals surface area contributed by atoms with Crippen molar-refractivity contribution in [2.24, 2.45) is 0 Å². The Balaban J connectivity index is 1.61. The van der Waals surface area contributed by atoms with Gasteiger partial charge in [0.15, 0.2) is 0 Å². The Kier molecular flexibility index (Phi) is 7.04. The van der Waals surface area contributed by atoms with E-state index < -0.39 is 0 Å². The molecule has 1 aromatic rings. The van der Waals surface area contributed by atoms with Gasteiger partial charge in [-0.15, -0.1) is 0 Å². The van der Waals surface area contributed by atoms with Crippen molar-refractivity contribution < 1.29 is 14.9 Å². The van der Waals surface area contributed by atoms with Crippen LogP contribution in [0.15, 0.2) is 24.3 Å².